The zero-order valence-corrected chi connectivity index (χ0v) is 9.51. The van der Waals surface area contributed by atoms with E-state index in [-0.39, 0.29) is 0 Å². The van der Waals surface area contributed by atoms with Crippen molar-refractivity contribution in [3.05, 3.63) is 16.1 Å². The van der Waals surface area contributed by atoms with E-state index in [0.29, 0.717) is 15.9 Å². The number of halogens is 2. The number of rotatable bonds is 3. The predicted octanol–water partition coefficient (Wildman–Crippen LogP) is 3.47. The number of hydrogen-bond donors (Lipinski definition) is 1. The molecule has 0 radical (unpaired) electrons. The fraction of sp³-hybridized carbons (Fsp3) is 0.375. The van der Waals surface area contributed by atoms with Crippen molar-refractivity contribution in [1.29, 1.82) is 0 Å². The van der Waals surface area contributed by atoms with Crippen LogP contribution >= 0.6 is 35.0 Å². The standard InChI is InChI=1S/C8H10Cl2N2S/c1-2-3-13-8-6(10)4-5(9)7(11)12-8/h4H,2-3H2,1H3,(H2,11,12). The first-order valence-electron chi connectivity index (χ1n) is 3.89. The smallest absolute Gasteiger partial charge is 0.143 e. The van der Waals surface area contributed by atoms with E-state index in [1.807, 2.05) is 0 Å². The third kappa shape index (κ3) is 2.93. The molecule has 2 nitrogen and oxygen atoms in total. The van der Waals surface area contributed by atoms with Gasteiger partial charge in [-0.25, -0.2) is 4.98 Å². The molecule has 0 bridgehead atoms. The Balaban J connectivity index is 2.88. The molecule has 13 heavy (non-hydrogen) atoms. The minimum Gasteiger partial charge on any atom is -0.382 e. The fourth-order valence-electron chi connectivity index (χ4n) is 0.763. The highest BCUT2D eigenvalue weighted by Crippen LogP contribution is 2.30. The summed E-state index contributed by atoms with van der Waals surface area (Å²) in [6.45, 7) is 2.10. The highest BCUT2D eigenvalue weighted by molar-refractivity contribution is 7.99. The van der Waals surface area contributed by atoms with Crippen molar-refractivity contribution < 1.29 is 0 Å². The van der Waals surface area contributed by atoms with Crippen LogP contribution < -0.4 is 5.73 Å². The van der Waals surface area contributed by atoms with E-state index in [4.69, 9.17) is 28.9 Å². The summed E-state index contributed by atoms with van der Waals surface area (Å²) in [6.07, 6.45) is 1.07. The van der Waals surface area contributed by atoms with Crippen molar-refractivity contribution in [1.82, 2.24) is 4.98 Å². The molecule has 2 N–H and O–H groups in total. The van der Waals surface area contributed by atoms with Crippen molar-refractivity contribution in [3.8, 4) is 0 Å². The lowest BCUT2D eigenvalue weighted by Gasteiger charge is -2.04. The third-order valence-electron chi connectivity index (χ3n) is 1.37. The molecule has 0 saturated heterocycles. The van der Waals surface area contributed by atoms with Gasteiger partial charge in [0.25, 0.3) is 0 Å². The van der Waals surface area contributed by atoms with Gasteiger partial charge in [0.05, 0.1) is 10.0 Å². The number of nitrogen functional groups attached to an aromatic ring is 1. The zero-order valence-electron chi connectivity index (χ0n) is 7.18. The van der Waals surface area contributed by atoms with Crippen LogP contribution in [0.25, 0.3) is 0 Å². The minimum absolute atomic E-state index is 0.338. The first-order valence-corrected chi connectivity index (χ1v) is 5.63. The SMILES string of the molecule is CCCSc1nc(N)c(Cl)cc1Cl. The number of hydrogen-bond acceptors (Lipinski definition) is 3. The lowest BCUT2D eigenvalue weighted by molar-refractivity contribution is 1.09. The van der Waals surface area contributed by atoms with Gasteiger partial charge in [0.15, 0.2) is 0 Å². The molecule has 0 spiro atoms. The highest BCUT2D eigenvalue weighted by Gasteiger charge is 2.06. The molecular weight excluding hydrogens is 227 g/mol. The van der Waals surface area contributed by atoms with Gasteiger partial charge >= 0.3 is 0 Å². The van der Waals surface area contributed by atoms with Gasteiger partial charge in [0.1, 0.15) is 10.8 Å². The first kappa shape index (κ1) is 11.0. The van der Waals surface area contributed by atoms with Gasteiger partial charge in [-0.15, -0.1) is 11.8 Å². The van der Waals surface area contributed by atoms with E-state index in [0.717, 1.165) is 17.2 Å². The van der Waals surface area contributed by atoms with Crippen LogP contribution in [0.3, 0.4) is 0 Å². The maximum atomic E-state index is 5.91. The van der Waals surface area contributed by atoms with Gasteiger partial charge in [0, 0.05) is 0 Å². The Morgan fingerprint density at radius 3 is 2.77 bits per heavy atom. The summed E-state index contributed by atoms with van der Waals surface area (Å²) in [5, 5.41) is 1.73. The summed E-state index contributed by atoms with van der Waals surface area (Å²) in [7, 11) is 0. The zero-order chi connectivity index (χ0) is 9.84. The fourth-order valence-corrected chi connectivity index (χ4v) is 2.04. The Labute approximate surface area is 91.8 Å². The molecule has 0 amide bonds. The molecule has 0 saturated carbocycles. The van der Waals surface area contributed by atoms with Gasteiger partial charge in [-0.3, -0.25) is 0 Å². The topological polar surface area (TPSA) is 38.9 Å². The van der Waals surface area contributed by atoms with Crippen LogP contribution in [0.15, 0.2) is 11.1 Å². The monoisotopic (exact) mass is 236 g/mol. The number of thioether (sulfide) groups is 1. The van der Waals surface area contributed by atoms with Crippen molar-refractivity contribution >= 4 is 40.8 Å². The Hall–Kier alpha value is -0.120. The molecule has 1 rings (SSSR count). The molecule has 0 aliphatic rings. The van der Waals surface area contributed by atoms with E-state index in [2.05, 4.69) is 11.9 Å². The molecule has 0 aromatic carbocycles. The van der Waals surface area contributed by atoms with E-state index in [9.17, 15) is 0 Å². The number of nitrogens with two attached hydrogens (primary N) is 1. The molecule has 0 fully saturated rings. The van der Waals surface area contributed by atoms with E-state index >= 15 is 0 Å². The Morgan fingerprint density at radius 2 is 2.15 bits per heavy atom. The van der Waals surface area contributed by atoms with Crippen molar-refractivity contribution in [3.63, 3.8) is 0 Å². The number of pyridine rings is 1. The number of nitrogens with zero attached hydrogens (tertiary/aromatic N) is 1. The highest BCUT2D eigenvalue weighted by atomic mass is 35.5. The second-order valence-electron chi connectivity index (χ2n) is 2.49. The van der Waals surface area contributed by atoms with Gasteiger partial charge < -0.3 is 5.73 Å². The molecule has 5 heteroatoms. The lowest BCUT2D eigenvalue weighted by atomic mass is 10.5. The largest absolute Gasteiger partial charge is 0.382 e. The molecular formula is C8H10Cl2N2S. The summed E-state index contributed by atoms with van der Waals surface area (Å²) in [5.41, 5.74) is 5.55. The lowest BCUT2D eigenvalue weighted by Crippen LogP contribution is -1.93. The van der Waals surface area contributed by atoms with Crippen LogP contribution in [-0.2, 0) is 0 Å². The van der Waals surface area contributed by atoms with E-state index < -0.39 is 0 Å². The number of aromatic nitrogens is 1. The van der Waals surface area contributed by atoms with Crippen molar-refractivity contribution in [2.24, 2.45) is 0 Å². The molecule has 0 aliphatic heterocycles. The molecule has 0 atom stereocenters. The predicted molar refractivity (Wildman–Crippen MR) is 59.7 cm³/mol. The van der Waals surface area contributed by atoms with Crippen LogP contribution in [0, 0.1) is 0 Å². The second kappa shape index (κ2) is 4.94. The van der Waals surface area contributed by atoms with Crippen molar-refractivity contribution in [2.45, 2.75) is 18.4 Å². The number of anilines is 1. The van der Waals surface area contributed by atoms with Crippen LogP contribution in [-0.4, -0.2) is 10.7 Å². The quantitative estimate of drug-likeness (QED) is 0.818. The maximum Gasteiger partial charge on any atom is 0.143 e. The summed E-state index contributed by atoms with van der Waals surface area (Å²) in [6, 6.07) is 1.63. The molecule has 1 aromatic rings. The van der Waals surface area contributed by atoms with Crippen LogP contribution in [0.2, 0.25) is 10.0 Å². The summed E-state index contributed by atoms with van der Waals surface area (Å²) >= 11 is 13.2. The van der Waals surface area contributed by atoms with Crippen molar-refractivity contribution in [2.75, 3.05) is 11.5 Å². The van der Waals surface area contributed by atoms with Gasteiger partial charge in [0.2, 0.25) is 0 Å². The van der Waals surface area contributed by atoms with E-state index in [1.54, 1.807) is 17.8 Å². The van der Waals surface area contributed by atoms with E-state index in [1.165, 1.54) is 0 Å². The second-order valence-corrected chi connectivity index (χ2v) is 4.39. The normalized spacial score (nSPS) is 10.4. The summed E-state index contributed by atoms with van der Waals surface area (Å²) in [5.74, 6) is 1.32. The van der Waals surface area contributed by atoms with Crippen LogP contribution in [0.4, 0.5) is 5.82 Å². The maximum absolute atomic E-state index is 5.91. The first-order chi connectivity index (χ1) is 6.15. The Morgan fingerprint density at radius 1 is 1.46 bits per heavy atom. The van der Waals surface area contributed by atoms with Gasteiger partial charge in [-0.1, -0.05) is 30.1 Å². The van der Waals surface area contributed by atoms with Gasteiger partial charge in [-0.2, -0.15) is 0 Å². The summed E-state index contributed by atoms with van der Waals surface area (Å²) < 4.78 is 0. The molecule has 0 unspecified atom stereocenters. The van der Waals surface area contributed by atoms with Gasteiger partial charge in [-0.05, 0) is 18.2 Å². The third-order valence-corrected chi connectivity index (χ3v) is 3.27. The molecule has 72 valence electrons. The average Bonchev–Trinajstić information content (AvgIpc) is 2.09. The molecule has 1 aromatic heterocycles. The Kier molecular flexibility index (Phi) is 4.16. The van der Waals surface area contributed by atoms with Crippen LogP contribution in [0.1, 0.15) is 13.3 Å². The minimum atomic E-state index is 0.338. The molecule has 0 aliphatic carbocycles. The molecule has 1 heterocycles. The summed E-state index contributed by atoms with van der Waals surface area (Å²) in [4.78, 5) is 4.09. The van der Waals surface area contributed by atoms with Crippen LogP contribution in [0.5, 0.6) is 0 Å². The average molecular weight is 237 g/mol. The Bertz CT molecular complexity index is 304.